The average Bonchev–Trinajstić information content (AvgIpc) is 3.14. The van der Waals surface area contributed by atoms with Crippen molar-refractivity contribution in [1.29, 1.82) is 0 Å². The van der Waals surface area contributed by atoms with E-state index in [1.54, 1.807) is 25.2 Å². The number of fused-ring (bicyclic) bond motifs is 1. The summed E-state index contributed by atoms with van der Waals surface area (Å²) in [6.45, 7) is -0.137. The Morgan fingerprint density at radius 1 is 1.53 bits per heavy atom. The summed E-state index contributed by atoms with van der Waals surface area (Å²) in [5, 5.41) is 11.9. The maximum Gasteiger partial charge on any atom is 0.419 e. The standard InChI is InChI=1S/C13H14N2O4/c1-15-9-3-2-8(6-10(9)19-12(15)18)14-11(17)13(7-16)4-5-13/h2-3,6,16H,4-5,7H2,1H3,(H,14,17). The largest absolute Gasteiger partial charge is 0.419 e. The van der Waals surface area contributed by atoms with Crippen LogP contribution in [0.1, 0.15) is 12.8 Å². The molecule has 1 aromatic carbocycles. The second-order valence-electron chi connectivity index (χ2n) is 5.00. The highest BCUT2D eigenvalue weighted by Crippen LogP contribution is 2.45. The second-order valence-corrected chi connectivity index (χ2v) is 5.00. The minimum atomic E-state index is -0.619. The lowest BCUT2D eigenvalue weighted by atomic mass is 10.1. The number of hydrogen-bond donors (Lipinski definition) is 2. The van der Waals surface area contributed by atoms with Gasteiger partial charge in [0.15, 0.2) is 5.58 Å². The molecule has 0 bridgehead atoms. The van der Waals surface area contributed by atoms with Gasteiger partial charge in [-0.15, -0.1) is 0 Å². The molecule has 1 fully saturated rings. The van der Waals surface area contributed by atoms with Gasteiger partial charge >= 0.3 is 5.76 Å². The zero-order valence-electron chi connectivity index (χ0n) is 10.5. The van der Waals surface area contributed by atoms with Gasteiger partial charge in [0.2, 0.25) is 5.91 Å². The van der Waals surface area contributed by atoms with E-state index in [1.165, 1.54) is 4.57 Å². The quantitative estimate of drug-likeness (QED) is 0.858. The molecule has 0 spiro atoms. The minimum absolute atomic E-state index is 0.137. The Labute approximate surface area is 108 Å². The Balaban J connectivity index is 1.90. The highest BCUT2D eigenvalue weighted by atomic mass is 16.4. The number of aromatic nitrogens is 1. The van der Waals surface area contributed by atoms with Crippen LogP contribution >= 0.6 is 0 Å². The molecule has 0 saturated heterocycles. The number of hydrogen-bond acceptors (Lipinski definition) is 4. The molecule has 1 heterocycles. The molecule has 1 amide bonds. The molecule has 0 radical (unpaired) electrons. The van der Waals surface area contributed by atoms with E-state index in [0.717, 1.165) is 0 Å². The van der Waals surface area contributed by atoms with Gasteiger partial charge in [0, 0.05) is 18.8 Å². The zero-order chi connectivity index (χ0) is 13.6. The lowest BCUT2D eigenvalue weighted by Crippen LogP contribution is -2.27. The fraction of sp³-hybridized carbons (Fsp3) is 0.385. The fourth-order valence-electron chi connectivity index (χ4n) is 2.08. The number of nitrogens with one attached hydrogen (secondary N) is 1. The summed E-state index contributed by atoms with van der Waals surface area (Å²) in [6.07, 6.45) is 1.41. The molecule has 3 rings (SSSR count). The van der Waals surface area contributed by atoms with Crippen LogP contribution in [-0.2, 0) is 11.8 Å². The van der Waals surface area contributed by atoms with Crippen molar-refractivity contribution >= 4 is 22.7 Å². The van der Waals surface area contributed by atoms with Crippen molar-refractivity contribution in [3.8, 4) is 0 Å². The molecule has 2 N–H and O–H groups in total. The third-order valence-electron chi connectivity index (χ3n) is 3.69. The summed E-state index contributed by atoms with van der Waals surface area (Å²) in [6, 6.07) is 5.04. The van der Waals surface area contributed by atoms with Gasteiger partial charge in [-0.25, -0.2) is 4.79 Å². The van der Waals surface area contributed by atoms with Crippen molar-refractivity contribution in [1.82, 2.24) is 4.57 Å². The first-order valence-corrected chi connectivity index (χ1v) is 6.08. The predicted molar refractivity (Wildman–Crippen MR) is 68.8 cm³/mol. The Morgan fingerprint density at radius 3 is 2.89 bits per heavy atom. The third kappa shape index (κ3) is 1.84. The minimum Gasteiger partial charge on any atom is -0.408 e. The molecule has 19 heavy (non-hydrogen) atoms. The van der Waals surface area contributed by atoms with E-state index >= 15 is 0 Å². The molecule has 1 aliphatic carbocycles. The number of carbonyl (C=O) groups is 1. The fourth-order valence-corrected chi connectivity index (χ4v) is 2.08. The maximum absolute atomic E-state index is 12.0. The number of anilines is 1. The number of amides is 1. The van der Waals surface area contributed by atoms with Crippen LogP contribution in [0.15, 0.2) is 27.4 Å². The number of aryl methyl sites for hydroxylation is 1. The number of benzene rings is 1. The summed E-state index contributed by atoms with van der Waals surface area (Å²) >= 11 is 0. The number of aliphatic hydroxyl groups excluding tert-OH is 1. The number of nitrogens with zero attached hydrogens (tertiary/aromatic N) is 1. The average molecular weight is 262 g/mol. The van der Waals surface area contributed by atoms with E-state index in [-0.39, 0.29) is 12.5 Å². The van der Waals surface area contributed by atoms with Gasteiger partial charge in [-0.05, 0) is 25.0 Å². The summed E-state index contributed by atoms with van der Waals surface area (Å²) in [4.78, 5) is 23.3. The molecular weight excluding hydrogens is 248 g/mol. The number of oxazole rings is 1. The van der Waals surface area contributed by atoms with E-state index < -0.39 is 11.2 Å². The molecule has 100 valence electrons. The first-order chi connectivity index (χ1) is 9.05. The molecule has 0 aliphatic heterocycles. The zero-order valence-corrected chi connectivity index (χ0v) is 10.5. The van der Waals surface area contributed by atoms with Gasteiger partial charge in [-0.3, -0.25) is 9.36 Å². The van der Waals surface area contributed by atoms with Crippen LogP contribution in [0.5, 0.6) is 0 Å². The van der Waals surface area contributed by atoms with Crippen molar-refractivity contribution < 1.29 is 14.3 Å². The summed E-state index contributed by atoms with van der Waals surface area (Å²) in [5.74, 6) is -0.625. The molecule has 0 atom stereocenters. The third-order valence-corrected chi connectivity index (χ3v) is 3.69. The molecule has 6 heteroatoms. The molecule has 0 unspecified atom stereocenters. The van der Waals surface area contributed by atoms with Gasteiger partial charge in [0.1, 0.15) is 0 Å². The molecule has 1 aliphatic rings. The Hall–Kier alpha value is -2.08. The van der Waals surface area contributed by atoms with Gasteiger partial charge in [-0.1, -0.05) is 0 Å². The van der Waals surface area contributed by atoms with Crippen molar-refractivity contribution in [3.05, 3.63) is 28.7 Å². The number of aliphatic hydroxyl groups is 1. The maximum atomic E-state index is 12.0. The lowest BCUT2D eigenvalue weighted by molar-refractivity contribution is -0.122. The number of carbonyl (C=O) groups excluding carboxylic acids is 1. The SMILES string of the molecule is Cn1c(=O)oc2cc(NC(=O)C3(CO)CC3)ccc21. The Bertz CT molecular complexity index is 709. The molecule has 1 saturated carbocycles. The van der Waals surface area contributed by atoms with Gasteiger partial charge < -0.3 is 14.8 Å². The van der Waals surface area contributed by atoms with E-state index in [9.17, 15) is 14.7 Å². The normalized spacial score (nSPS) is 16.5. The van der Waals surface area contributed by atoms with Crippen molar-refractivity contribution in [3.63, 3.8) is 0 Å². The van der Waals surface area contributed by atoms with Crippen molar-refractivity contribution in [2.24, 2.45) is 12.5 Å². The topological polar surface area (TPSA) is 84.5 Å². The van der Waals surface area contributed by atoms with Crippen LogP contribution in [-0.4, -0.2) is 22.2 Å². The number of rotatable bonds is 3. The van der Waals surface area contributed by atoms with Crippen LogP contribution in [0.25, 0.3) is 11.1 Å². The van der Waals surface area contributed by atoms with E-state index in [4.69, 9.17) is 4.42 Å². The smallest absolute Gasteiger partial charge is 0.408 e. The second kappa shape index (κ2) is 3.96. The first kappa shape index (κ1) is 12.0. The predicted octanol–water partition coefficient (Wildman–Crippen LogP) is 0.842. The van der Waals surface area contributed by atoms with Crippen molar-refractivity contribution in [2.75, 3.05) is 11.9 Å². The van der Waals surface area contributed by atoms with E-state index in [1.807, 2.05) is 0 Å². The molecule has 1 aromatic heterocycles. The van der Waals surface area contributed by atoms with Crippen LogP contribution in [0, 0.1) is 5.41 Å². The van der Waals surface area contributed by atoms with Crippen LogP contribution in [0.2, 0.25) is 0 Å². The van der Waals surface area contributed by atoms with Crippen LogP contribution in [0.4, 0.5) is 5.69 Å². The summed E-state index contributed by atoms with van der Waals surface area (Å²) < 4.78 is 6.46. The van der Waals surface area contributed by atoms with Gasteiger partial charge in [0.05, 0.1) is 17.5 Å². The highest BCUT2D eigenvalue weighted by Gasteiger charge is 2.49. The lowest BCUT2D eigenvalue weighted by Gasteiger charge is -2.11. The molecule has 6 nitrogen and oxygen atoms in total. The van der Waals surface area contributed by atoms with E-state index in [2.05, 4.69) is 5.32 Å². The van der Waals surface area contributed by atoms with Crippen LogP contribution in [0.3, 0.4) is 0 Å². The van der Waals surface area contributed by atoms with Gasteiger partial charge in [-0.2, -0.15) is 0 Å². The van der Waals surface area contributed by atoms with E-state index in [0.29, 0.717) is 29.6 Å². The van der Waals surface area contributed by atoms with Crippen molar-refractivity contribution in [2.45, 2.75) is 12.8 Å². The van der Waals surface area contributed by atoms with Gasteiger partial charge in [0.25, 0.3) is 0 Å². The monoisotopic (exact) mass is 262 g/mol. The molecular formula is C13H14N2O4. The molecule has 2 aromatic rings. The Kier molecular flexibility index (Phi) is 2.50. The first-order valence-electron chi connectivity index (χ1n) is 6.08. The highest BCUT2D eigenvalue weighted by molar-refractivity contribution is 5.98. The van der Waals surface area contributed by atoms with Crippen LogP contribution < -0.4 is 11.1 Å². The summed E-state index contributed by atoms with van der Waals surface area (Å²) in [5.41, 5.74) is 1.05. The Morgan fingerprint density at radius 2 is 2.26 bits per heavy atom. The summed E-state index contributed by atoms with van der Waals surface area (Å²) in [7, 11) is 1.62.